The number of rotatable bonds is 8. The summed E-state index contributed by atoms with van der Waals surface area (Å²) in [5.74, 6) is 0. The third-order valence-electron chi connectivity index (χ3n) is 2.52. The Morgan fingerprint density at radius 2 is 2.00 bits per heavy atom. The lowest BCUT2D eigenvalue weighted by molar-refractivity contribution is 0.140. The standard InChI is InChI=1S/C14H18F2NO/c1-2-3-4-7-10-18-17-11-12-8-5-6-9-13(12)14(15)16/h5-6,8-9,14H,2-4,7,10H2,1H3. The summed E-state index contributed by atoms with van der Waals surface area (Å²) in [6.07, 6.45) is 4.35. The summed E-state index contributed by atoms with van der Waals surface area (Å²) < 4.78 is 25.2. The van der Waals surface area contributed by atoms with Crippen molar-refractivity contribution in [2.75, 3.05) is 6.61 Å². The molecule has 0 saturated heterocycles. The number of halogens is 2. The molecule has 0 N–H and O–H groups in total. The van der Waals surface area contributed by atoms with Crippen molar-refractivity contribution in [1.29, 1.82) is 0 Å². The highest BCUT2D eigenvalue weighted by molar-refractivity contribution is 5.81. The normalized spacial score (nSPS) is 11.3. The molecule has 1 aromatic rings. The Kier molecular flexibility index (Phi) is 6.99. The van der Waals surface area contributed by atoms with E-state index in [1.54, 1.807) is 18.2 Å². The minimum absolute atomic E-state index is 0.0733. The first-order chi connectivity index (χ1) is 8.75. The van der Waals surface area contributed by atoms with Gasteiger partial charge in [0.25, 0.3) is 6.43 Å². The molecule has 0 aliphatic heterocycles. The predicted molar refractivity (Wildman–Crippen MR) is 68.0 cm³/mol. The molecule has 0 saturated carbocycles. The molecular weight excluding hydrogens is 236 g/mol. The van der Waals surface area contributed by atoms with Gasteiger partial charge in [0, 0.05) is 11.1 Å². The van der Waals surface area contributed by atoms with Gasteiger partial charge in [-0.15, -0.1) is 0 Å². The summed E-state index contributed by atoms with van der Waals surface area (Å²) in [4.78, 5) is 4.99. The molecule has 99 valence electrons. The van der Waals surface area contributed by atoms with Crippen LogP contribution < -0.4 is 0 Å². The predicted octanol–water partition coefficient (Wildman–Crippen LogP) is 4.43. The summed E-state index contributed by atoms with van der Waals surface area (Å²) in [5, 5.41) is 3.60. The van der Waals surface area contributed by atoms with Crippen molar-refractivity contribution < 1.29 is 13.6 Å². The van der Waals surface area contributed by atoms with Gasteiger partial charge >= 0.3 is 0 Å². The zero-order valence-electron chi connectivity index (χ0n) is 10.5. The van der Waals surface area contributed by atoms with E-state index in [2.05, 4.69) is 18.3 Å². The molecule has 0 aromatic heterocycles. The number of nitrogens with zero attached hydrogens (tertiary/aromatic N) is 1. The largest absolute Gasteiger partial charge is 0.395 e. The Labute approximate surface area is 107 Å². The van der Waals surface area contributed by atoms with Crippen molar-refractivity contribution in [3.05, 3.63) is 35.4 Å². The molecule has 0 bridgehead atoms. The highest BCUT2D eigenvalue weighted by atomic mass is 19.3. The van der Waals surface area contributed by atoms with E-state index in [1.165, 1.54) is 12.5 Å². The maximum absolute atomic E-state index is 12.6. The summed E-state index contributed by atoms with van der Waals surface area (Å²) in [7, 11) is 0. The molecule has 0 spiro atoms. The average Bonchev–Trinajstić information content (AvgIpc) is 2.38. The molecule has 0 fully saturated rings. The number of hydrogen-bond donors (Lipinski definition) is 0. The summed E-state index contributed by atoms with van der Waals surface area (Å²) >= 11 is 0. The van der Waals surface area contributed by atoms with E-state index >= 15 is 0 Å². The molecule has 0 heterocycles. The van der Waals surface area contributed by atoms with Crippen LogP contribution >= 0.6 is 0 Å². The fourth-order valence-electron chi connectivity index (χ4n) is 1.51. The van der Waals surface area contributed by atoms with E-state index in [1.807, 2.05) is 0 Å². The molecule has 1 radical (unpaired) electrons. The minimum Gasteiger partial charge on any atom is -0.395 e. The summed E-state index contributed by atoms with van der Waals surface area (Å²) in [6.45, 7) is 2.64. The van der Waals surface area contributed by atoms with E-state index in [4.69, 9.17) is 4.84 Å². The quantitative estimate of drug-likeness (QED) is 0.382. The molecule has 2 nitrogen and oxygen atoms in total. The maximum Gasteiger partial charge on any atom is 0.264 e. The second-order valence-electron chi connectivity index (χ2n) is 3.98. The fraction of sp³-hybridized carbons (Fsp3) is 0.500. The summed E-state index contributed by atoms with van der Waals surface area (Å²) in [5.41, 5.74) is 0.205. The van der Waals surface area contributed by atoms with Crippen molar-refractivity contribution in [2.24, 2.45) is 5.16 Å². The third kappa shape index (κ3) is 5.25. The zero-order chi connectivity index (χ0) is 13.2. The molecule has 1 rings (SSSR count). The molecule has 1 aromatic carbocycles. The topological polar surface area (TPSA) is 21.6 Å². The van der Waals surface area contributed by atoms with Gasteiger partial charge in [0.2, 0.25) is 0 Å². The van der Waals surface area contributed by atoms with Gasteiger partial charge in [-0.3, -0.25) is 0 Å². The van der Waals surface area contributed by atoms with Crippen LogP contribution in [0.4, 0.5) is 8.78 Å². The van der Waals surface area contributed by atoms with Crippen LogP contribution in [-0.2, 0) is 4.84 Å². The van der Waals surface area contributed by atoms with Crippen molar-refractivity contribution in [3.63, 3.8) is 0 Å². The smallest absolute Gasteiger partial charge is 0.264 e. The Morgan fingerprint density at radius 1 is 1.22 bits per heavy atom. The van der Waals surface area contributed by atoms with Crippen LogP contribution in [-0.4, -0.2) is 12.8 Å². The SMILES string of the molecule is CCCCCCO/N=[C]/c1ccccc1C(F)F. The van der Waals surface area contributed by atoms with Gasteiger partial charge in [-0.25, -0.2) is 8.78 Å². The van der Waals surface area contributed by atoms with E-state index in [-0.39, 0.29) is 11.1 Å². The van der Waals surface area contributed by atoms with Crippen LogP contribution in [0.3, 0.4) is 0 Å². The molecule has 0 amide bonds. The van der Waals surface area contributed by atoms with Crippen molar-refractivity contribution in [1.82, 2.24) is 0 Å². The number of benzene rings is 1. The molecule has 0 unspecified atom stereocenters. The van der Waals surface area contributed by atoms with E-state index in [9.17, 15) is 8.78 Å². The molecule has 0 aliphatic carbocycles. The van der Waals surface area contributed by atoms with E-state index < -0.39 is 6.43 Å². The van der Waals surface area contributed by atoms with Crippen LogP contribution in [0.2, 0.25) is 0 Å². The molecule has 18 heavy (non-hydrogen) atoms. The molecular formula is C14H18F2NO. The van der Waals surface area contributed by atoms with Crippen molar-refractivity contribution >= 4 is 6.21 Å². The lowest BCUT2D eigenvalue weighted by atomic mass is 10.1. The number of hydrogen-bond acceptors (Lipinski definition) is 2. The Bertz CT molecular complexity index is 367. The fourth-order valence-corrected chi connectivity index (χ4v) is 1.51. The lowest BCUT2D eigenvalue weighted by Crippen LogP contribution is -1.94. The molecule has 0 aliphatic rings. The van der Waals surface area contributed by atoms with Crippen LogP contribution in [0.5, 0.6) is 0 Å². The van der Waals surface area contributed by atoms with Crippen LogP contribution in [0, 0.1) is 0 Å². The van der Waals surface area contributed by atoms with Crippen LogP contribution in [0.15, 0.2) is 29.4 Å². The number of alkyl halides is 2. The van der Waals surface area contributed by atoms with Gasteiger partial charge in [0.1, 0.15) is 12.8 Å². The first-order valence-corrected chi connectivity index (χ1v) is 6.20. The van der Waals surface area contributed by atoms with E-state index in [0.29, 0.717) is 6.61 Å². The first kappa shape index (κ1) is 14.6. The third-order valence-corrected chi connectivity index (χ3v) is 2.52. The van der Waals surface area contributed by atoms with E-state index in [0.717, 1.165) is 19.3 Å². The Balaban J connectivity index is 2.37. The van der Waals surface area contributed by atoms with Crippen molar-refractivity contribution in [2.45, 2.75) is 39.0 Å². The monoisotopic (exact) mass is 254 g/mol. The van der Waals surface area contributed by atoms with Gasteiger partial charge in [-0.05, 0) is 12.8 Å². The van der Waals surface area contributed by atoms with Gasteiger partial charge < -0.3 is 4.84 Å². The Morgan fingerprint density at radius 3 is 2.72 bits per heavy atom. The van der Waals surface area contributed by atoms with Gasteiger partial charge in [0.15, 0.2) is 0 Å². The zero-order valence-corrected chi connectivity index (χ0v) is 10.5. The second-order valence-corrected chi connectivity index (χ2v) is 3.98. The van der Waals surface area contributed by atoms with Crippen LogP contribution in [0.1, 0.15) is 50.2 Å². The second kappa shape index (κ2) is 8.61. The molecule has 4 heteroatoms. The van der Waals surface area contributed by atoms with Crippen LogP contribution in [0.25, 0.3) is 0 Å². The van der Waals surface area contributed by atoms with Gasteiger partial charge in [-0.1, -0.05) is 49.2 Å². The number of unbranched alkanes of at least 4 members (excludes halogenated alkanes) is 3. The van der Waals surface area contributed by atoms with Gasteiger partial charge in [-0.2, -0.15) is 0 Å². The van der Waals surface area contributed by atoms with Gasteiger partial charge in [0.05, 0.1) is 0 Å². The summed E-state index contributed by atoms with van der Waals surface area (Å²) in [6, 6.07) is 6.15. The highest BCUT2D eigenvalue weighted by Crippen LogP contribution is 2.21. The minimum atomic E-state index is -2.52. The highest BCUT2D eigenvalue weighted by Gasteiger charge is 2.10. The van der Waals surface area contributed by atoms with Crippen molar-refractivity contribution in [3.8, 4) is 0 Å². The lowest BCUT2D eigenvalue weighted by Gasteiger charge is -2.02. The molecule has 0 atom stereocenters. The Hall–Kier alpha value is -1.45. The first-order valence-electron chi connectivity index (χ1n) is 6.20. The average molecular weight is 254 g/mol. The maximum atomic E-state index is 12.6.